The van der Waals surface area contributed by atoms with Crippen molar-refractivity contribution in [2.75, 3.05) is 13.2 Å². The summed E-state index contributed by atoms with van der Waals surface area (Å²) in [4.78, 5) is 6.84. The van der Waals surface area contributed by atoms with Crippen LogP contribution in [0.4, 0.5) is 0 Å². The van der Waals surface area contributed by atoms with Gasteiger partial charge in [-0.05, 0) is 68.7 Å². The predicted octanol–water partition coefficient (Wildman–Crippen LogP) is 5.54. The Balaban J connectivity index is 1.56. The van der Waals surface area contributed by atoms with Gasteiger partial charge in [-0.1, -0.05) is 46.6 Å². The van der Waals surface area contributed by atoms with Gasteiger partial charge in [0.25, 0.3) is 5.89 Å². The van der Waals surface area contributed by atoms with Crippen LogP contribution in [0.25, 0.3) is 17.0 Å². The van der Waals surface area contributed by atoms with Crippen LogP contribution in [0.15, 0.2) is 58.8 Å². The van der Waals surface area contributed by atoms with E-state index in [-0.39, 0.29) is 12.1 Å². The maximum absolute atomic E-state index is 6.03. The van der Waals surface area contributed by atoms with E-state index < -0.39 is 0 Å². The highest BCUT2D eigenvalue weighted by atomic mass is 35.5. The van der Waals surface area contributed by atoms with Crippen molar-refractivity contribution in [1.29, 1.82) is 0 Å². The van der Waals surface area contributed by atoms with Crippen molar-refractivity contribution in [3.8, 4) is 11.4 Å². The topological polar surface area (TPSA) is 63.4 Å². The normalized spacial score (nSPS) is 20.9. The highest BCUT2D eigenvalue weighted by Gasteiger charge is 2.35. The summed E-state index contributed by atoms with van der Waals surface area (Å²) in [6.07, 6.45) is 2.27. The molecule has 5 rings (SSSR count). The Kier molecular flexibility index (Phi) is 6.19. The van der Waals surface area contributed by atoms with Crippen LogP contribution in [0.5, 0.6) is 0 Å². The molecule has 0 aliphatic carbocycles. The van der Waals surface area contributed by atoms with Crippen LogP contribution in [-0.2, 0) is 4.74 Å². The van der Waals surface area contributed by atoms with Crippen LogP contribution in [0.2, 0.25) is 5.02 Å². The lowest BCUT2D eigenvalue weighted by Crippen LogP contribution is -2.48. The van der Waals surface area contributed by atoms with Crippen molar-refractivity contribution in [2.24, 2.45) is 0 Å². The molecule has 0 amide bonds. The summed E-state index contributed by atoms with van der Waals surface area (Å²) in [5.74, 6) is 0.985. The molecule has 33 heavy (non-hydrogen) atoms. The molecule has 3 aromatic rings. The van der Waals surface area contributed by atoms with Crippen molar-refractivity contribution < 1.29 is 9.26 Å². The first-order valence-corrected chi connectivity index (χ1v) is 11.8. The van der Waals surface area contributed by atoms with E-state index in [2.05, 4.69) is 53.5 Å². The Bertz CT molecular complexity index is 1180. The first-order chi connectivity index (χ1) is 16.0. The number of aryl methyl sites for hydroxylation is 1. The number of nitrogens with zero attached hydrogens (tertiary/aromatic N) is 3. The van der Waals surface area contributed by atoms with Crippen LogP contribution >= 0.6 is 23.8 Å². The fraction of sp³-hybridized carbons (Fsp3) is 0.320. The Morgan fingerprint density at radius 1 is 1.12 bits per heavy atom. The second-order valence-electron chi connectivity index (χ2n) is 8.47. The van der Waals surface area contributed by atoms with Gasteiger partial charge in [-0.2, -0.15) is 4.98 Å². The van der Waals surface area contributed by atoms with Gasteiger partial charge in [0.1, 0.15) is 0 Å². The lowest BCUT2D eigenvalue weighted by atomic mass is 9.94. The fourth-order valence-electron chi connectivity index (χ4n) is 4.33. The first-order valence-electron chi connectivity index (χ1n) is 11.1. The minimum absolute atomic E-state index is 0.157. The Morgan fingerprint density at radius 3 is 2.58 bits per heavy atom. The van der Waals surface area contributed by atoms with Crippen LogP contribution in [-0.4, -0.2) is 39.4 Å². The minimum Gasteiger partial charge on any atom is -0.376 e. The molecule has 0 bridgehead atoms. The molecule has 3 heterocycles. The van der Waals surface area contributed by atoms with Gasteiger partial charge in [0, 0.05) is 22.9 Å². The monoisotopic (exact) mass is 480 g/mol. The number of aromatic nitrogens is 2. The summed E-state index contributed by atoms with van der Waals surface area (Å²) in [5, 5.41) is 9.10. The third-order valence-corrected chi connectivity index (χ3v) is 6.77. The number of hydrogen-bond donors (Lipinski definition) is 1. The highest BCUT2D eigenvalue weighted by Crippen LogP contribution is 2.38. The molecule has 2 aliphatic rings. The number of allylic oxidation sites excluding steroid dienone is 1. The second-order valence-corrected chi connectivity index (χ2v) is 9.29. The summed E-state index contributed by atoms with van der Waals surface area (Å²) in [6.45, 7) is 5.63. The Hall–Kier alpha value is -2.74. The quantitative estimate of drug-likeness (QED) is 0.481. The van der Waals surface area contributed by atoms with Crippen molar-refractivity contribution in [1.82, 2.24) is 20.4 Å². The number of nitrogens with one attached hydrogen (secondary N) is 1. The second kappa shape index (κ2) is 9.25. The maximum Gasteiger partial charge on any atom is 0.258 e. The Morgan fingerprint density at radius 2 is 1.88 bits per heavy atom. The van der Waals surface area contributed by atoms with E-state index in [1.165, 1.54) is 5.56 Å². The molecular formula is C25H25ClN4O2S. The molecule has 0 saturated carbocycles. The van der Waals surface area contributed by atoms with E-state index in [9.17, 15) is 0 Å². The predicted molar refractivity (Wildman–Crippen MR) is 133 cm³/mol. The van der Waals surface area contributed by atoms with Gasteiger partial charge in [-0.3, -0.25) is 0 Å². The molecular weight excluding hydrogens is 456 g/mol. The van der Waals surface area contributed by atoms with E-state index in [1.54, 1.807) is 0 Å². The molecule has 1 N–H and O–H groups in total. The minimum atomic E-state index is -0.197. The molecule has 2 aliphatic heterocycles. The maximum atomic E-state index is 6.03. The van der Waals surface area contributed by atoms with Crippen LogP contribution in [0, 0.1) is 6.92 Å². The highest BCUT2D eigenvalue weighted by molar-refractivity contribution is 7.80. The van der Waals surface area contributed by atoms with Crippen molar-refractivity contribution in [3.63, 3.8) is 0 Å². The molecule has 6 nitrogen and oxygen atoms in total. The molecule has 0 spiro atoms. The largest absolute Gasteiger partial charge is 0.376 e. The van der Waals surface area contributed by atoms with E-state index >= 15 is 0 Å². The van der Waals surface area contributed by atoms with Gasteiger partial charge >= 0.3 is 0 Å². The number of rotatable bonds is 5. The average molecular weight is 481 g/mol. The third-order valence-electron chi connectivity index (χ3n) is 6.18. The zero-order valence-electron chi connectivity index (χ0n) is 18.5. The number of halogens is 1. The Labute approximate surface area is 203 Å². The lowest BCUT2D eigenvalue weighted by Gasteiger charge is -2.38. The van der Waals surface area contributed by atoms with Gasteiger partial charge < -0.3 is 19.5 Å². The smallest absolute Gasteiger partial charge is 0.258 e. The van der Waals surface area contributed by atoms with E-state index in [0.717, 1.165) is 41.8 Å². The summed E-state index contributed by atoms with van der Waals surface area (Å²) < 4.78 is 11.7. The van der Waals surface area contributed by atoms with Crippen LogP contribution in [0.1, 0.15) is 42.8 Å². The zero-order valence-corrected chi connectivity index (χ0v) is 20.1. The third kappa shape index (κ3) is 4.53. The molecule has 1 saturated heterocycles. The van der Waals surface area contributed by atoms with Crippen molar-refractivity contribution in [2.45, 2.75) is 38.8 Å². The molecule has 8 heteroatoms. The molecule has 170 valence electrons. The molecule has 1 fully saturated rings. The van der Waals surface area contributed by atoms with Crippen molar-refractivity contribution >= 4 is 34.5 Å². The van der Waals surface area contributed by atoms with Crippen LogP contribution in [0.3, 0.4) is 0 Å². The van der Waals surface area contributed by atoms with Crippen molar-refractivity contribution in [3.05, 3.63) is 76.3 Å². The summed E-state index contributed by atoms with van der Waals surface area (Å²) in [5.41, 5.74) is 5.03. The average Bonchev–Trinajstić information content (AvgIpc) is 3.50. The number of ether oxygens (including phenoxy) is 1. The molecule has 1 aromatic heterocycles. The lowest BCUT2D eigenvalue weighted by molar-refractivity contribution is 0.0962. The standard InChI is InChI=1S/C25H25ClN4O2S/c1-15-5-7-17(8-6-15)22-21(16(2)30(25(33)27-22)14-20-4-3-13-31-20)24-28-23(29-32-24)18-9-11-19(26)12-10-18/h5-12,20,22H,3-4,13-14H2,1-2H3,(H,27,33). The van der Waals surface area contributed by atoms with Crippen LogP contribution < -0.4 is 5.32 Å². The number of benzene rings is 2. The first kappa shape index (κ1) is 22.1. The number of thiocarbonyl (C=S) groups is 1. The van der Waals surface area contributed by atoms with Gasteiger partial charge in [0.2, 0.25) is 5.82 Å². The molecule has 0 radical (unpaired) electrons. The molecule has 2 aromatic carbocycles. The number of hydrogen-bond acceptors (Lipinski definition) is 5. The van der Waals surface area contributed by atoms with E-state index in [4.69, 9.17) is 38.1 Å². The SMILES string of the molecule is CC1=C(c2nc(-c3ccc(Cl)cc3)no2)C(c2ccc(C)cc2)NC(=S)N1CC1CCCO1. The van der Waals surface area contributed by atoms with Gasteiger partial charge in [-0.15, -0.1) is 0 Å². The van der Waals surface area contributed by atoms with Gasteiger partial charge in [-0.25, -0.2) is 0 Å². The summed E-state index contributed by atoms with van der Waals surface area (Å²) >= 11 is 11.8. The fourth-order valence-corrected chi connectivity index (χ4v) is 4.78. The van der Waals surface area contributed by atoms with E-state index in [1.807, 2.05) is 24.3 Å². The van der Waals surface area contributed by atoms with E-state index in [0.29, 0.717) is 28.4 Å². The summed E-state index contributed by atoms with van der Waals surface area (Å²) in [6, 6.07) is 15.6. The van der Waals surface area contributed by atoms with Gasteiger partial charge in [0.05, 0.1) is 24.3 Å². The molecule has 2 unspecified atom stereocenters. The molecule has 2 atom stereocenters. The zero-order chi connectivity index (χ0) is 22.9. The van der Waals surface area contributed by atoms with Gasteiger partial charge in [0.15, 0.2) is 5.11 Å². The summed E-state index contributed by atoms with van der Waals surface area (Å²) in [7, 11) is 0.